The molecule has 6 heteroatoms. The molecule has 0 radical (unpaired) electrons. The fourth-order valence-electron chi connectivity index (χ4n) is 2.60. The second-order valence-corrected chi connectivity index (χ2v) is 7.12. The zero-order valence-corrected chi connectivity index (χ0v) is 14.4. The SMILES string of the molecule is CC(C)(C)c1ccc(NC(=O)C(=O)NC(=O)C2CCNCC2)cc1. The summed E-state index contributed by atoms with van der Waals surface area (Å²) in [5.41, 5.74) is 1.67. The fraction of sp³-hybridized carbons (Fsp3) is 0.500. The van der Waals surface area contributed by atoms with E-state index in [1.54, 1.807) is 12.1 Å². The Labute approximate surface area is 142 Å². The molecule has 0 unspecified atom stereocenters. The molecule has 3 N–H and O–H groups in total. The molecule has 1 aliphatic heterocycles. The standard InChI is InChI=1S/C18H25N3O3/c1-18(2,3)13-4-6-14(7-5-13)20-16(23)17(24)21-15(22)12-8-10-19-11-9-12/h4-7,12,19H,8-11H2,1-3H3,(H,20,23)(H,21,22,24). The molecule has 1 saturated heterocycles. The third-order valence-electron chi connectivity index (χ3n) is 4.16. The molecule has 1 aromatic rings. The first-order valence-corrected chi connectivity index (χ1v) is 8.25. The summed E-state index contributed by atoms with van der Waals surface area (Å²) in [6, 6.07) is 7.32. The average Bonchev–Trinajstić information content (AvgIpc) is 2.55. The second-order valence-electron chi connectivity index (χ2n) is 7.12. The van der Waals surface area contributed by atoms with Crippen LogP contribution in [0.1, 0.15) is 39.2 Å². The van der Waals surface area contributed by atoms with Crippen molar-refractivity contribution in [3.05, 3.63) is 29.8 Å². The van der Waals surface area contributed by atoms with Gasteiger partial charge >= 0.3 is 11.8 Å². The highest BCUT2D eigenvalue weighted by atomic mass is 16.2. The number of piperidine rings is 1. The summed E-state index contributed by atoms with van der Waals surface area (Å²) >= 11 is 0. The van der Waals surface area contributed by atoms with E-state index in [0.717, 1.165) is 18.7 Å². The number of rotatable bonds is 2. The van der Waals surface area contributed by atoms with Gasteiger partial charge in [-0.1, -0.05) is 32.9 Å². The van der Waals surface area contributed by atoms with Crippen molar-refractivity contribution in [1.29, 1.82) is 0 Å². The highest BCUT2D eigenvalue weighted by Gasteiger charge is 2.25. The van der Waals surface area contributed by atoms with Gasteiger partial charge in [-0.05, 0) is 49.0 Å². The Kier molecular flexibility index (Phi) is 5.72. The summed E-state index contributed by atoms with van der Waals surface area (Å²) in [7, 11) is 0. The van der Waals surface area contributed by atoms with Crippen molar-refractivity contribution >= 4 is 23.4 Å². The number of hydrogen-bond donors (Lipinski definition) is 3. The molecular formula is C18H25N3O3. The molecule has 1 aliphatic rings. The summed E-state index contributed by atoms with van der Waals surface area (Å²) in [6.45, 7) is 7.79. The van der Waals surface area contributed by atoms with Crippen LogP contribution in [0.5, 0.6) is 0 Å². The maximum atomic E-state index is 12.0. The molecule has 0 spiro atoms. The Balaban J connectivity index is 1.89. The lowest BCUT2D eigenvalue weighted by Crippen LogP contribution is -2.44. The van der Waals surface area contributed by atoms with E-state index in [0.29, 0.717) is 18.5 Å². The van der Waals surface area contributed by atoms with Crippen molar-refractivity contribution in [2.45, 2.75) is 39.0 Å². The third kappa shape index (κ3) is 4.89. The van der Waals surface area contributed by atoms with E-state index in [1.165, 1.54) is 0 Å². The van der Waals surface area contributed by atoms with Gasteiger partial charge in [0, 0.05) is 11.6 Å². The number of carbonyl (C=O) groups is 3. The molecule has 24 heavy (non-hydrogen) atoms. The molecule has 2 rings (SSSR count). The molecule has 0 aliphatic carbocycles. The summed E-state index contributed by atoms with van der Waals surface area (Å²) in [5.74, 6) is -2.34. The van der Waals surface area contributed by atoms with Crippen molar-refractivity contribution in [2.75, 3.05) is 18.4 Å². The lowest BCUT2D eigenvalue weighted by atomic mass is 9.87. The van der Waals surface area contributed by atoms with Crippen molar-refractivity contribution < 1.29 is 14.4 Å². The van der Waals surface area contributed by atoms with E-state index in [4.69, 9.17) is 0 Å². The van der Waals surface area contributed by atoms with E-state index < -0.39 is 11.8 Å². The van der Waals surface area contributed by atoms with Gasteiger partial charge in [0.25, 0.3) is 0 Å². The molecule has 6 nitrogen and oxygen atoms in total. The van der Waals surface area contributed by atoms with E-state index in [-0.39, 0.29) is 17.2 Å². The summed E-state index contributed by atoms with van der Waals surface area (Å²) in [4.78, 5) is 35.8. The van der Waals surface area contributed by atoms with E-state index in [1.807, 2.05) is 12.1 Å². The largest absolute Gasteiger partial charge is 0.318 e. The van der Waals surface area contributed by atoms with Gasteiger partial charge in [-0.2, -0.15) is 0 Å². The lowest BCUT2D eigenvalue weighted by Gasteiger charge is -2.21. The number of hydrogen-bond acceptors (Lipinski definition) is 4. The van der Waals surface area contributed by atoms with Crippen LogP contribution in [0.15, 0.2) is 24.3 Å². The zero-order valence-electron chi connectivity index (χ0n) is 14.4. The zero-order chi connectivity index (χ0) is 17.7. The molecule has 1 fully saturated rings. The maximum absolute atomic E-state index is 12.0. The second kappa shape index (κ2) is 7.57. The van der Waals surface area contributed by atoms with Crippen LogP contribution in [-0.2, 0) is 19.8 Å². The quantitative estimate of drug-likeness (QED) is 0.718. The molecule has 0 atom stereocenters. The van der Waals surface area contributed by atoms with Crippen LogP contribution in [0.3, 0.4) is 0 Å². The first-order valence-electron chi connectivity index (χ1n) is 8.25. The van der Waals surface area contributed by atoms with Crippen LogP contribution >= 0.6 is 0 Å². The summed E-state index contributed by atoms with van der Waals surface area (Å²) < 4.78 is 0. The fourth-order valence-corrected chi connectivity index (χ4v) is 2.60. The number of nitrogens with one attached hydrogen (secondary N) is 3. The van der Waals surface area contributed by atoms with Gasteiger partial charge in [0.05, 0.1) is 0 Å². The van der Waals surface area contributed by atoms with E-state index >= 15 is 0 Å². The van der Waals surface area contributed by atoms with Crippen LogP contribution in [0.4, 0.5) is 5.69 Å². The topological polar surface area (TPSA) is 87.3 Å². The Bertz CT molecular complexity index is 611. The van der Waals surface area contributed by atoms with E-state index in [9.17, 15) is 14.4 Å². The third-order valence-corrected chi connectivity index (χ3v) is 4.16. The van der Waals surface area contributed by atoms with Gasteiger partial charge in [0.1, 0.15) is 0 Å². The Morgan fingerprint density at radius 1 is 1.00 bits per heavy atom. The molecule has 1 heterocycles. The average molecular weight is 331 g/mol. The Morgan fingerprint density at radius 3 is 2.12 bits per heavy atom. The molecule has 130 valence electrons. The van der Waals surface area contributed by atoms with Crippen LogP contribution in [0.25, 0.3) is 0 Å². The normalized spacial score (nSPS) is 15.6. The van der Waals surface area contributed by atoms with Gasteiger partial charge in [0.15, 0.2) is 0 Å². The molecule has 0 aromatic heterocycles. The molecule has 1 aromatic carbocycles. The Morgan fingerprint density at radius 2 is 1.58 bits per heavy atom. The molecule has 0 bridgehead atoms. The highest BCUT2D eigenvalue weighted by molar-refractivity contribution is 6.41. The minimum atomic E-state index is -0.918. The van der Waals surface area contributed by atoms with Crippen LogP contribution in [-0.4, -0.2) is 30.8 Å². The first kappa shape index (κ1) is 18.1. The molecule has 3 amide bonds. The lowest BCUT2D eigenvalue weighted by molar-refractivity contribution is -0.141. The monoisotopic (exact) mass is 331 g/mol. The van der Waals surface area contributed by atoms with Crippen LogP contribution < -0.4 is 16.0 Å². The highest BCUT2D eigenvalue weighted by Crippen LogP contribution is 2.23. The summed E-state index contributed by atoms with van der Waals surface area (Å²) in [5, 5.41) is 7.85. The van der Waals surface area contributed by atoms with Crippen molar-refractivity contribution in [1.82, 2.24) is 10.6 Å². The molecular weight excluding hydrogens is 306 g/mol. The van der Waals surface area contributed by atoms with Gasteiger partial charge in [-0.3, -0.25) is 19.7 Å². The number of benzene rings is 1. The maximum Gasteiger partial charge on any atom is 0.316 e. The number of carbonyl (C=O) groups excluding carboxylic acids is 3. The smallest absolute Gasteiger partial charge is 0.316 e. The number of amides is 3. The minimum Gasteiger partial charge on any atom is -0.318 e. The van der Waals surface area contributed by atoms with E-state index in [2.05, 4.69) is 36.7 Å². The van der Waals surface area contributed by atoms with Gasteiger partial charge in [0.2, 0.25) is 5.91 Å². The van der Waals surface area contributed by atoms with Crippen LogP contribution in [0, 0.1) is 5.92 Å². The van der Waals surface area contributed by atoms with Crippen LogP contribution in [0.2, 0.25) is 0 Å². The Hall–Kier alpha value is -2.21. The van der Waals surface area contributed by atoms with Crippen molar-refractivity contribution in [2.24, 2.45) is 5.92 Å². The van der Waals surface area contributed by atoms with Gasteiger partial charge in [-0.25, -0.2) is 0 Å². The van der Waals surface area contributed by atoms with Crippen molar-refractivity contribution in [3.8, 4) is 0 Å². The van der Waals surface area contributed by atoms with Crippen molar-refractivity contribution in [3.63, 3.8) is 0 Å². The number of anilines is 1. The predicted molar refractivity (Wildman–Crippen MR) is 92.5 cm³/mol. The minimum absolute atomic E-state index is 0.0151. The predicted octanol–water partition coefficient (Wildman–Crippen LogP) is 1.56. The number of imide groups is 1. The summed E-state index contributed by atoms with van der Waals surface area (Å²) in [6.07, 6.45) is 1.35. The first-order chi connectivity index (χ1) is 11.3. The van der Waals surface area contributed by atoms with Gasteiger partial charge < -0.3 is 10.6 Å². The van der Waals surface area contributed by atoms with Gasteiger partial charge in [-0.15, -0.1) is 0 Å². The molecule has 0 saturated carbocycles.